The Morgan fingerprint density at radius 1 is 1.27 bits per heavy atom. The molecule has 3 heterocycles. The summed E-state index contributed by atoms with van der Waals surface area (Å²) in [7, 11) is 0. The van der Waals surface area contributed by atoms with Crippen LogP contribution in [0.2, 0.25) is 0 Å². The van der Waals surface area contributed by atoms with Gasteiger partial charge in [-0.2, -0.15) is 0 Å². The van der Waals surface area contributed by atoms with Crippen LogP contribution >= 0.6 is 11.3 Å². The van der Waals surface area contributed by atoms with Gasteiger partial charge in [0.05, 0.1) is 6.54 Å². The van der Waals surface area contributed by atoms with Crippen molar-refractivity contribution in [1.82, 2.24) is 15.3 Å². The van der Waals surface area contributed by atoms with E-state index in [-0.39, 0.29) is 23.3 Å². The molecule has 8 nitrogen and oxygen atoms in total. The standard InChI is InChI=1S/C17H16N4O4S/c1-9(22)11-5-13(19-6-11)16(24)21-17-20-14(8-26-17)15-4-3-12(25-15)7-18-10(2)23/h3-6,8,19H,7H2,1-2H3,(H,18,23)(H,20,21,24). The number of anilines is 1. The van der Waals surface area contributed by atoms with Crippen LogP contribution in [0.3, 0.4) is 0 Å². The summed E-state index contributed by atoms with van der Waals surface area (Å²) in [4.78, 5) is 41.5. The van der Waals surface area contributed by atoms with E-state index in [1.807, 2.05) is 0 Å². The minimum atomic E-state index is -0.385. The van der Waals surface area contributed by atoms with E-state index in [1.54, 1.807) is 17.5 Å². The van der Waals surface area contributed by atoms with Crippen molar-refractivity contribution in [3.8, 4) is 11.5 Å². The Morgan fingerprint density at radius 2 is 2.08 bits per heavy atom. The molecule has 0 fully saturated rings. The van der Waals surface area contributed by atoms with Crippen LogP contribution in [-0.2, 0) is 11.3 Å². The summed E-state index contributed by atoms with van der Waals surface area (Å²) < 4.78 is 5.63. The molecule has 26 heavy (non-hydrogen) atoms. The van der Waals surface area contributed by atoms with Gasteiger partial charge in [-0.3, -0.25) is 19.7 Å². The summed E-state index contributed by atoms with van der Waals surface area (Å²) in [5, 5.41) is 7.49. The fourth-order valence-corrected chi connectivity index (χ4v) is 2.85. The highest BCUT2D eigenvalue weighted by Crippen LogP contribution is 2.27. The number of nitrogens with one attached hydrogen (secondary N) is 3. The largest absolute Gasteiger partial charge is 0.458 e. The topological polar surface area (TPSA) is 117 Å². The molecule has 0 bridgehead atoms. The Balaban J connectivity index is 1.66. The van der Waals surface area contributed by atoms with Crippen LogP contribution in [0, 0.1) is 0 Å². The lowest BCUT2D eigenvalue weighted by molar-refractivity contribution is -0.119. The SMILES string of the molecule is CC(=O)NCc1ccc(-c2csc(NC(=O)c3cc(C(C)=O)c[nH]3)n2)o1. The number of hydrogen-bond acceptors (Lipinski definition) is 6. The second kappa shape index (κ2) is 7.36. The third-order valence-corrected chi connectivity index (χ3v) is 4.24. The molecule has 0 radical (unpaired) electrons. The molecule has 0 unspecified atom stereocenters. The third kappa shape index (κ3) is 4.06. The van der Waals surface area contributed by atoms with Crippen molar-refractivity contribution in [2.24, 2.45) is 0 Å². The van der Waals surface area contributed by atoms with Crippen molar-refractivity contribution >= 4 is 34.1 Å². The molecule has 3 rings (SSSR count). The van der Waals surface area contributed by atoms with Crippen molar-refractivity contribution in [2.75, 3.05) is 5.32 Å². The number of H-pyrrole nitrogens is 1. The van der Waals surface area contributed by atoms with Gasteiger partial charge in [0, 0.05) is 24.1 Å². The minimum absolute atomic E-state index is 0.121. The number of furan rings is 1. The number of amides is 2. The lowest BCUT2D eigenvalue weighted by Crippen LogP contribution is -2.18. The molecular formula is C17H16N4O4S. The van der Waals surface area contributed by atoms with Crippen molar-refractivity contribution in [3.05, 3.63) is 46.8 Å². The van der Waals surface area contributed by atoms with Crippen LogP contribution in [0.15, 0.2) is 34.2 Å². The minimum Gasteiger partial charge on any atom is -0.458 e. The van der Waals surface area contributed by atoms with E-state index >= 15 is 0 Å². The third-order valence-electron chi connectivity index (χ3n) is 3.48. The zero-order valence-electron chi connectivity index (χ0n) is 14.1. The van der Waals surface area contributed by atoms with Crippen molar-refractivity contribution in [3.63, 3.8) is 0 Å². The van der Waals surface area contributed by atoms with Gasteiger partial charge in [0.2, 0.25) is 5.91 Å². The van der Waals surface area contributed by atoms with Crippen LogP contribution in [0.4, 0.5) is 5.13 Å². The molecule has 0 aliphatic rings. The smallest absolute Gasteiger partial charge is 0.273 e. The van der Waals surface area contributed by atoms with Gasteiger partial charge in [0.25, 0.3) is 5.91 Å². The highest BCUT2D eigenvalue weighted by Gasteiger charge is 2.14. The van der Waals surface area contributed by atoms with E-state index in [0.717, 1.165) is 0 Å². The van der Waals surface area contributed by atoms with E-state index in [4.69, 9.17) is 4.42 Å². The van der Waals surface area contributed by atoms with Gasteiger partial charge < -0.3 is 14.7 Å². The fourth-order valence-electron chi connectivity index (χ4n) is 2.16. The number of Topliss-reactive ketones (excluding diaryl/α,β-unsaturated/α-hetero) is 1. The Morgan fingerprint density at radius 3 is 2.77 bits per heavy atom. The normalized spacial score (nSPS) is 10.5. The molecule has 0 aromatic carbocycles. The molecule has 0 aliphatic carbocycles. The van der Waals surface area contributed by atoms with E-state index < -0.39 is 0 Å². The lowest BCUT2D eigenvalue weighted by Gasteiger charge is -1.98. The second-order valence-electron chi connectivity index (χ2n) is 5.53. The zero-order valence-corrected chi connectivity index (χ0v) is 14.9. The molecule has 3 aromatic heterocycles. The Hall–Kier alpha value is -3.20. The van der Waals surface area contributed by atoms with Gasteiger partial charge in [-0.1, -0.05) is 0 Å². The van der Waals surface area contributed by atoms with Gasteiger partial charge in [0.1, 0.15) is 17.1 Å². The summed E-state index contributed by atoms with van der Waals surface area (Å²) in [5.41, 5.74) is 1.30. The van der Waals surface area contributed by atoms with Crippen LogP contribution in [0.5, 0.6) is 0 Å². The van der Waals surface area contributed by atoms with Crippen molar-refractivity contribution < 1.29 is 18.8 Å². The summed E-state index contributed by atoms with van der Waals surface area (Å²) in [6, 6.07) is 5.00. The van der Waals surface area contributed by atoms with E-state index in [1.165, 1.54) is 37.4 Å². The second-order valence-corrected chi connectivity index (χ2v) is 6.38. The summed E-state index contributed by atoms with van der Waals surface area (Å²) in [6.07, 6.45) is 1.49. The number of ketones is 1. The van der Waals surface area contributed by atoms with E-state index in [9.17, 15) is 14.4 Å². The Kier molecular flexibility index (Phi) is 4.99. The number of hydrogen-bond donors (Lipinski definition) is 3. The highest BCUT2D eigenvalue weighted by molar-refractivity contribution is 7.14. The van der Waals surface area contributed by atoms with Gasteiger partial charge in [-0.25, -0.2) is 4.98 Å². The number of carbonyl (C=O) groups is 3. The monoisotopic (exact) mass is 372 g/mol. The maximum Gasteiger partial charge on any atom is 0.273 e. The lowest BCUT2D eigenvalue weighted by atomic mass is 10.2. The van der Waals surface area contributed by atoms with E-state index in [2.05, 4.69) is 20.6 Å². The van der Waals surface area contributed by atoms with E-state index in [0.29, 0.717) is 34.5 Å². The van der Waals surface area contributed by atoms with Gasteiger partial charge in [-0.05, 0) is 25.1 Å². The quantitative estimate of drug-likeness (QED) is 0.575. The number of nitrogens with zero attached hydrogens (tertiary/aromatic N) is 1. The highest BCUT2D eigenvalue weighted by atomic mass is 32.1. The molecule has 0 saturated heterocycles. The summed E-state index contributed by atoms with van der Waals surface area (Å²) >= 11 is 1.25. The molecule has 2 amide bonds. The number of aromatic nitrogens is 2. The van der Waals surface area contributed by atoms with Gasteiger partial charge >= 0.3 is 0 Å². The summed E-state index contributed by atoms with van der Waals surface area (Å²) in [5.74, 6) is 0.505. The van der Waals surface area contributed by atoms with Crippen molar-refractivity contribution in [2.45, 2.75) is 20.4 Å². The maximum atomic E-state index is 12.2. The zero-order chi connectivity index (χ0) is 18.7. The Labute approximate surface area is 152 Å². The average Bonchev–Trinajstić information content (AvgIpc) is 3.32. The first-order chi connectivity index (χ1) is 12.4. The molecule has 3 N–H and O–H groups in total. The van der Waals surface area contributed by atoms with Gasteiger partial charge in [0.15, 0.2) is 16.7 Å². The molecule has 0 atom stereocenters. The average molecular weight is 372 g/mol. The number of aromatic amines is 1. The van der Waals surface area contributed by atoms with Crippen LogP contribution < -0.4 is 10.6 Å². The number of thiazole rings is 1. The fraction of sp³-hybridized carbons (Fsp3) is 0.176. The van der Waals surface area contributed by atoms with Gasteiger partial charge in [-0.15, -0.1) is 11.3 Å². The van der Waals surface area contributed by atoms with Crippen LogP contribution in [0.25, 0.3) is 11.5 Å². The van der Waals surface area contributed by atoms with Crippen LogP contribution in [-0.4, -0.2) is 27.6 Å². The molecule has 0 saturated carbocycles. The van der Waals surface area contributed by atoms with Crippen molar-refractivity contribution in [1.29, 1.82) is 0 Å². The van der Waals surface area contributed by atoms with Crippen LogP contribution in [0.1, 0.15) is 40.5 Å². The summed E-state index contributed by atoms with van der Waals surface area (Å²) in [6.45, 7) is 3.17. The molecule has 0 spiro atoms. The molecule has 0 aliphatic heterocycles. The first-order valence-corrected chi connectivity index (χ1v) is 8.60. The molecular weight excluding hydrogens is 356 g/mol. The first-order valence-electron chi connectivity index (χ1n) is 7.72. The molecule has 3 aromatic rings. The number of rotatable bonds is 6. The predicted molar refractivity (Wildman–Crippen MR) is 96.1 cm³/mol. The maximum absolute atomic E-state index is 12.2. The predicted octanol–water partition coefficient (Wildman–Crippen LogP) is 2.82. The Bertz CT molecular complexity index is 969. The first kappa shape index (κ1) is 17.6. The number of carbonyl (C=O) groups excluding carboxylic acids is 3. The molecule has 9 heteroatoms. The molecule has 134 valence electrons.